The molecule has 27 heavy (non-hydrogen) atoms. The fraction of sp³-hybridized carbons (Fsp3) is 0.381. The Kier molecular flexibility index (Phi) is 6.78. The Labute approximate surface area is 162 Å². The van der Waals surface area contributed by atoms with Crippen molar-refractivity contribution in [2.75, 3.05) is 11.9 Å². The molecule has 0 aromatic heterocycles. The fourth-order valence-electron chi connectivity index (χ4n) is 2.84. The van der Waals surface area contributed by atoms with Gasteiger partial charge in [-0.3, -0.25) is 4.79 Å². The van der Waals surface area contributed by atoms with Crippen LogP contribution in [0.2, 0.25) is 0 Å². The molecule has 2 aromatic rings. The first-order valence-corrected chi connectivity index (χ1v) is 10.6. The lowest BCUT2D eigenvalue weighted by atomic mass is 9.92. The zero-order valence-corrected chi connectivity index (χ0v) is 17.4. The first-order chi connectivity index (χ1) is 12.6. The highest BCUT2D eigenvalue weighted by molar-refractivity contribution is 7.89. The molecule has 0 aliphatic rings. The zero-order valence-electron chi connectivity index (χ0n) is 16.5. The van der Waals surface area contributed by atoms with E-state index in [1.54, 1.807) is 12.1 Å². The van der Waals surface area contributed by atoms with Gasteiger partial charge in [-0.2, -0.15) is 0 Å². The van der Waals surface area contributed by atoms with E-state index in [9.17, 15) is 13.2 Å². The van der Waals surface area contributed by atoms with Crippen LogP contribution in [-0.4, -0.2) is 20.9 Å². The zero-order chi connectivity index (χ0) is 20.2. The predicted octanol–water partition coefficient (Wildman–Crippen LogP) is 4.16. The van der Waals surface area contributed by atoms with Gasteiger partial charge in [-0.25, -0.2) is 13.1 Å². The van der Waals surface area contributed by atoms with E-state index in [4.69, 9.17) is 0 Å². The van der Waals surface area contributed by atoms with Crippen LogP contribution in [0.25, 0.3) is 0 Å². The number of anilines is 1. The van der Waals surface area contributed by atoms with Crippen molar-refractivity contribution in [2.24, 2.45) is 0 Å². The maximum absolute atomic E-state index is 12.5. The summed E-state index contributed by atoms with van der Waals surface area (Å²) >= 11 is 0. The van der Waals surface area contributed by atoms with Gasteiger partial charge in [0.05, 0.1) is 11.4 Å². The average Bonchev–Trinajstić information content (AvgIpc) is 2.60. The lowest BCUT2D eigenvalue weighted by molar-refractivity contribution is -0.115. The second kappa shape index (κ2) is 8.67. The maximum atomic E-state index is 12.5. The van der Waals surface area contributed by atoms with E-state index in [0.29, 0.717) is 0 Å². The molecule has 0 heterocycles. The normalized spacial score (nSPS) is 11.8. The maximum Gasteiger partial charge on any atom is 0.241 e. The Hall–Kier alpha value is -2.18. The first kappa shape index (κ1) is 21.1. The summed E-state index contributed by atoms with van der Waals surface area (Å²) < 4.78 is 27.1. The second-order valence-electron chi connectivity index (χ2n) is 7.31. The SMILES string of the molecule is Cc1ccc(S(=O)(=O)NCC(=O)Nc2c(C(C)C)cccc2C(C)C)cc1. The molecule has 0 aliphatic heterocycles. The molecule has 2 aromatic carbocycles. The lowest BCUT2D eigenvalue weighted by Gasteiger charge is -2.20. The molecule has 6 heteroatoms. The van der Waals surface area contributed by atoms with Crippen molar-refractivity contribution in [3.8, 4) is 0 Å². The number of carbonyl (C=O) groups excluding carboxylic acids is 1. The van der Waals surface area contributed by atoms with Crippen molar-refractivity contribution in [3.05, 3.63) is 59.2 Å². The van der Waals surface area contributed by atoms with E-state index in [1.807, 2.05) is 25.1 Å². The number of aryl methyl sites for hydroxylation is 1. The minimum Gasteiger partial charge on any atom is -0.324 e. The fourth-order valence-corrected chi connectivity index (χ4v) is 3.82. The number of hydrogen-bond donors (Lipinski definition) is 2. The summed E-state index contributed by atoms with van der Waals surface area (Å²) in [6, 6.07) is 12.5. The summed E-state index contributed by atoms with van der Waals surface area (Å²) in [6.07, 6.45) is 0. The molecular weight excluding hydrogens is 360 g/mol. The van der Waals surface area contributed by atoms with Gasteiger partial charge >= 0.3 is 0 Å². The van der Waals surface area contributed by atoms with E-state index in [0.717, 1.165) is 22.4 Å². The number of rotatable bonds is 7. The Bertz CT molecular complexity index is 875. The first-order valence-electron chi connectivity index (χ1n) is 9.10. The summed E-state index contributed by atoms with van der Waals surface area (Å²) in [7, 11) is -3.73. The highest BCUT2D eigenvalue weighted by Crippen LogP contribution is 2.32. The summed E-state index contributed by atoms with van der Waals surface area (Å²) in [6.45, 7) is 9.82. The van der Waals surface area contributed by atoms with Crippen molar-refractivity contribution in [1.29, 1.82) is 0 Å². The Morgan fingerprint density at radius 1 is 0.926 bits per heavy atom. The van der Waals surface area contributed by atoms with Gasteiger partial charge in [0.1, 0.15) is 0 Å². The summed E-state index contributed by atoms with van der Waals surface area (Å²) in [5.41, 5.74) is 3.83. The van der Waals surface area contributed by atoms with Gasteiger partial charge in [0, 0.05) is 5.69 Å². The third-order valence-corrected chi connectivity index (χ3v) is 5.81. The van der Waals surface area contributed by atoms with Crippen molar-refractivity contribution in [1.82, 2.24) is 4.72 Å². The lowest BCUT2D eigenvalue weighted by Crippen LogP contribution is -2.33. The van der Waals surface area contributed by atoms with Gasteiger partial charge in [-0.1, -0.05) is 63.6 Å². The predicted molar refractivity (Wildman–Crippen MR) is 110 cm³/mol. The molecular formula is C21H28N2O3S. The Balaban J connectivity index is 2.15. The number of benzene rings is 2. The number of nitrogens with one attached hydrogen (secondary N) is 2. The third-order valence-electron chi connectivity index (χ3n) is 4.39. The third kappa shape index (κ3) is 5.40. The van der Waals surface area contributed by atoms with Crippen LogP contribution in [0, 0.1) is 6.92 Å². The van der Waals surface area contributed by atoms with E-state index in [-0.39, 0.29) is 29.2 Å². The van der Waals surface area contributed by atoms with Crippen molar-refractivity contribution in [2.45, 2.75) is 51.3 Å². The molecule has 0 radical (unpaired) electrons. The van der Waals surface area contributed by atoms with Crippen LogP contribution in [0.5, 0.6) is 0 Å². The van der Waals surface area contributed by atoms with Crippen LogP contribution in [-0.2, 0) is 14.8 Å². The van der Waals surface area contributed by atoms with Gasteiger partial charge in [0.15, 0.2) is 0 Å². The van der Waals surface area contributed by atoms with Crippen LogP contribution in [0.1, 0.15) is 56.2 Å². The molecule has 0 saturated heterocycles. The van der Waals surface area contributed by atoms with E-state index in [2.05, 4.69) is 37.7 Å². The monoisotopic (exact) mass is 388 g/mol. The van der Waals surface area contributed by atoms with E-state index < -0.39 is 10.0 Å². The molecule has 0 aliphatic carbocycles. The minimum absolute atomic E-state index is 0.145. The van der Waals surface area contributed by atoms with Gasteiger partial charge < -0.3 is 5.32 Å². The summed E-state index contributed by atoms with van der Waals surface area (Å²) in [5, 5.41) is 2.91. The van der Waals surface area contributed by atoms with Crippen molar-refractivity contribution < 1.29 is 13.2 Å². The molecule has 146 valence electrons. The highest BCUT2D eigenvalue weighted by Gasteiger charge is 2.18. The Morgan fingerprint density at radius 3 is 1.93 bits per heavy atom. The van der Waals surface area contributed by atoms with E-state index in [1.165, 1.54) is 12.1 Å². The van der Waals surface area contributed by atoms with Gasteiger partial charge in [0.25, 0.3) is 0 Å². The van der Waals surface area contributed by atoms with Crippen molar-refractivity contribution >= 4 is 21.6 Å². The molecule has 0 atom stereocenters. The van der Waals surface area contributed by atoms with Crippen LogP contribution in [0.3, 0.4) is 0 Å². The van der Waals surface area contributed by atoms with Gasteiger partial charge in [-0.05, 0) is 42.0 Å². The summed E-state index contributed by atoms with van der Waals surface area (Å²) in [5.74, 6) is 0.0900. The topological polar surface area (TPSA) is 75.3 Å². The molecule has 0 saturated carbocycles. The van der Waals surface area contributed by atoms with Gasteiger partial charge in [0.2, 0.25) is 15.9 Å². The van der Waals surface area contributed by atoms with Crippen LogP contribution < -0.4 is 10.0 Å². The molecule has 0 bridgehead atoms. The average molecular weight is 389 g/mol. The number of carbonyl (C=O) groups is 1. The van der Waals surface area contributed by atoms with Crippen LogP contribution in [0.15, 0.2) is 47.4 Å². The number of amides is 1. The number of para-hydroxylation sites is 1. The summed E-state index contributed by atoms with van der Waals surface area (Å²) in [4.78, 5) is 12.6. The quantitative estimate of drug-likeness (QED) is 0.748. The smallest absolute Gasteiger partial charge is 0.241 e. The largest absolute Gasteiger partial charge is 0.324 e. The van der Waals surface area contributed by atoms with Crippen molar-refractivity contribution in [3.63, 3.8) is 0 Å². The minimum atomic E-state index is -3.73. The highest BCUT2D eigenvalue weighted by atomic mass is 32.2. The molecule has 1 amide bonds. The molecule has 0 unspecified atom stereocenters. The molecule has 0 spiro atoms. The molecule has 2 N–H and O–H groups in total. The van der Waals surface area contributed by atoms with Gasteiger partial charge in [-0.15, -0.1) is 0 Å². The second-order valence-corrected chi connectivity index (χ2v) is 9.07. The Morgan fingerprint density at radius 2 is 1.44 bits per heavy atom. The molecule has 2 rings (SSSR count). The standard InChI is InChI=1S/C21H28N2O3S/c1-14(2)18-7-6-8-19(15(3)4)21(18)23-20(24)13-22-27(25,26)17-11-9-16(5)10-12-17/h6-12,14-15,22H,13H2,1-5H3,(H,23,24). The molecule has 0 fully saturated rings. The van der Waals surface area contributed by atoms with Crippen LogP contribution >= 0.6 is 0 Å². The van der Waals surface area contributed by atoms with E-state index >= 15 is 0 Å². The van der Waals surface area contributed by atoms with Crippen LogP contribution in [0.4, 0.5) is 5.69 Å². The number of sulfonamides is 1. The molecule has 5 nitrogen and oxygen atoms in total. The number of hydrogen-bond acceptors (Lipinski definition) is 3.